The summed E-state index contributed by atoms with van der Waals surface area (Å²) in [5.74, 6) is -2.99. The summed E-state index contributed by atoms with van der Waals surface area (Å²) in [7, 11) is -3.99. The number of nitrogens with one attached hydrogen (secondary N) is 3. The maximum Gasteiger partial charge on any atom is 0.288 e. The summed E-state index contributed by atoms with van der Waals surface area (Å²) in [6.45, 7) is 1.63. The largest absolute Gasteiger partial charge is 0.332 e. The Morgan fingerprint density at radius 2 is 1.68 bits per heavy atom. The first-order valence-electron chi connectivity index (χ1n) is 9.60. The van der Waals surface area contributed by atoms with E-state index in [9.17, 15) is 22.0 Å². The van der Waals surface area contributed by atoms with Gasteiger partial charge in [0.15, 0.2) is 5.11 Å². The quantitative estimate of drug-likeness (QED) is 0.233. The van der Waals surface area contributed by atoms with Crippen molar-refractivity contribution in [3.8, 4) is 0 Å². The van der Waals surface area contributed by atoms with Gasteiger partial charge in [0, 0.05) is 20.7 Å². The van der Waals surface area contributed by atoms with E-state index >= 15 is 0 Å². The smallest absolute Gasteiger partial charge is 0.288 e. The van der Waals surface area contributed by atoms with Crippen LogP contribution in [0.2, 0.25) is 0 Å². The molecule has 3 rings (SSSR count). The maximum atomic E-state index is 13.0. The van der Waals surface area contributed by atoms with Gasteiger partial charge >= 0.3 is 0 Å². The Morgan fingerprint density at radius 3 is 2.32 bits per heavy atom. The molecule has 0 heterocycles. The Labute approximate surface area is 213 Å². The highest BCUT2D eigenvalue weighted by Crippen LogP contribution is 2.28. The molecule has 0 aliphatic rings. The molecule has 0 bridgehead atoms. The van der Waals surface area contributed by atoms with Crippen LogP contribution >= 0.6 is 39.9 Å². The van der Waals surface area contributed by atoms with Gasteiger partial charge in [-0.1, -0.05) is 30.0 Å². The van der Waals surface area contributed by atoms with E-state index in [1.54, 1.807) is 43.3 Å². The van der Waals surface area contributed by atoms with Crippen molar-refractivity contribution in [2.75, 3.05) is 10.0 Å². The molecule has 1 amide bonds. The Kier molecular flexibility index (Phi) is 8.63. The van der Waals surface area contributed by atoms with Gasteiger partial charge < -0.3 is 5.32 Å². The van der Waals surface area contributed by atoms with Crippen LogP contribution in [0, 0.1) is 6.92 Å². The number of hydrogen-bond acceptors (Lipinski definition) is 5. The Balaban J connectivity index is 1.72. The van der Waals surface area contributed by atoms with Crippen molar-refractivity contribution in [3.63, 3.8) is 0 Å². The number of carbonyl (C=O) groups excluding carboxylic acids is 1. The van der Waals surface area contributed by atoms with Crippen molar-refractivity contribution < 1.29 is 22.0 Å². The van der Waals surface area contributed by atoms with Crippen molar-refractivity contribution in [3.05, 3.63) is 82.3 Å². The van der Waals surface area contributed by atoms with E-state index in [0.717, 1.165) is 0 Å². The summed E-state index contributed by atoms with van der Waals surface area (Å²) in [4.78, 5) is 12.7. The van der Waals surface area contributed by atoms with Crippen LogP contribution in [0.25, 0.3) is 0 Å². The first-order chi connectivity index (χ1) is 16.0. The molecule has 3 aromatic rings. The number of alkyl halides is 2. The van der Waals surface area contributed by atoms with Crippen LogP contribution in [-0.2, 0) is 10.0 Å². The zero-order valence-electron chi connectivity index (χ0n) is 17.5. The number of anilines is 2. The molecule has 0 radical (unpaired) electrons. The number of amides is 1. The number of carbonyl (C=O) groups is 1. The summed E-state index contributed by atoms with van der Waals surface area (Å²) in [5.41, 5.74) is 1.45. The predicted molar refractivity (Wildman–Crippen MR) is 138 cm³/mol. The lowest BCUT2D eigenvalue weighted by Gasteiger charge is -2.14. The number of thiocarbonyl (C=S) groups is 1. The van der Waals surface area contributed by atoms with Crippen LogP contribution in [0.5, 0.6) is 0 Å². The fraction of sp³-hybridized carbons (Fsp3) is 0.0909. The average Bonchev–Trinajstić information content (AvgIpc) is 2.76. The van der Waals surface area contributed by atoms with Crippen molar-refractivity contribution >= 4 is 72.3 Å². The lowest BCUT2D eigenvalue weighted by atomic mass is 10.2. The molecule has 0 saturated heterocycles. The molecule has 0 unspecified atom stereocenters. The minimum Gasteiger partial charge on any atom is -0.332 e. The molecule has 3 N–H and O–H groups in total. The average molecular weight is 587 g/mol. The second-order valence-corrected chi connectivity index (χ2v) is 10.9. The monoisotopic (exact) mass is 585 g/mol. The first kappa shape index (κ1) is 26.1. The zero-order valence-corrected chi connectivity index (χ0v) is 21.5. The minimum atomic E-state index is -3.99. The topological polar surface area (TPSA) is 87.3 Å². The molecule has 0 aromatic heterocycles. The van der Waals surface area contributed by atoms with Gasteiger partial charge in [0.25, 0.3) is 21.7 Å². The van der Waals surface area contributed by atoms with Crippen molar-refractivity contribution in [2.24, 2.45) is 0 Å². The van der Waals surface area contributed by atoms with Crippen LogP contribution in [0.1, 0.15) is 15.9 Å². The molecular formula is C22H18BrF2N3O3S3. The number of thioether (sulfide) groups is 1. The van der Waals surface area contributed by atoms with Gasteiger partial charge in [0.2, 0.25) is 0 Å². The second-order valence-electron chi connectivity index (χ2n) is 6.88. The maximum absolute atomic E-state index is 13.0. The molecule has 6 nitrogen and oxygen atoms in total. The van der Waals surface area contributed by atoms with Gasteiger partial charge in [-0.15, -0.1) is 0 Å². The summed E-state index contributed by atoms with van der Waals surface area (Å²) >= 11 is 8.87. The molecule has 0 fully saturated rings. The van der Waals surface area contributed by atoms with Gasteiger partial charge in [-0.3, -0.25) is 14.8 Å². The van der Waals surface area contributed by atoms with E-state index in [4.69, 9.17) is 12.2 Å². The van der Waals surface area contributed by atoms with Gasteiger partial charge in [0.05, 0.1) is 10.5 Å². The fourth-order valence-corrected chi connectivity index (χ4v) is 5.36. The number of benzene rings is 3. The third-order valence-corrected chi connectivity index (χ3v) is 7.55. The predicted octanol–water partition coefficient (Wildman–Crippen LogP) is 6.00. The number of rotatable bonds is 7. The fourth-order valence-electron chi connectivity index (χ4n) is 2.86. The molecule has 0 atom stereocenters. The third-order valence-electron chi connectivity index (χ3n) is 4.41. The van der Waals surface area contributed by atoms with E-state index in [1.165, 1.54) is 30.3 Å². The van der Waals surface area contributed by atoms with Crippen molar-refractivity contribution in [1.29, 1.82) is 0 Å². The number of aryl methyl sites for hydroxylation is 1. The van der Waals surface area contributed by atoms with Gasteiger partial charge in [-0.2, -0.15) is 8.78 Å². The molecule has 0 aliphatic heterocycles. The normalized spacial score (nSPS) is 11.2. The van der Waals surface area contributed by atoms with Gasteiger partial charge in [-0.25, -0.2) is 8.42 Å². The second kappa shape index (κ2) is 11.3. The van der Waals surface area contributed by atoms with E-state index < -0.39 is 21.7 Å². The molecule has 178 valence electrons. The summed E-state index contributed by atoms with van der Waals surface area (Å²) in [6.07, 6.45) is 0. The molecule has 0 spiro atoms. The van der Waals surface area contributed by atoms with Crippen molar-refractivity contribution in [1.82, 2.24) is 5.32 Å². The third kappa shape index (κ3) is 6.98. The highest BCUT2D eigenvalue weighted by Gasteiger charge is 2.19. The molecule has 0 aliphatic carbocycles. The Hall–Kier alpha value is -2.54. The van der Waals surface area contributed by atoms with E-state index in [-0.39, 0.29) is 15.7 Å². The number of halogens is 3. The van der Waals surface area contributed by atoms with Crippen LogP contribution in [0.15, 0.2) is 81.0 Å². The Morgan fingerprint density at radius 1 is 1.03 bits per heavy atom. The highest BCUT2D eigenvalue weighted by atomic mass is 79.9. The lowest BCUT2D eigenvalue weighted by Crippen LogP contribution is -2.34. The van der Waals surface area contributed by atoms with Gasteiger partial charge in [0.1, 0.15) is 0 Å². The number of hydrogen-bond donors (Lipinski definition) is 3. The molecule has 12 heteroatoms. The number of sulfonamides is 1. The lowest BCUT2D eigenvalue weighted by molar-refractivity contribution is 0.0977. The van der Waals surface area contributed by atoms with Crippen LogP contribution < -0.4 is 15.4 Å². The van der Waals surface area contributed by atoms with Gasteiger partial charge in [-0.05, 0) is 89.2 Å². The molecule has 0 saturated carbocycles. The SMILES string of the molecule is Cc1ccc(NC(=S)NC(=O)c2ccccc2Br)cc1S(=O)(=O)Nc1ccc(SC(F)F)cc1. The zero-order chi connectivity index (χ0) is 24.9. The summed E-state index contributed by atoms with van der Waals surface area (Å²) in [6, 6.07) is 17.1. The van der Waals surface area contributed by atoms with E-state index in [0.29, 0.717) is 37.9 Å². The van der Waals surface area contributed by atoms with E-state index in [1.807, 2.05) is 0 Å². The van der Waals surface area contributed by atoms with E-state index in [2.05, 4.69) is 31.3 Å². The molecule has 34 heavy (non-hydrogen) atoms. The minimum absolute atomic E-state index is 0.00645. The van der Waals surface area contributed by atoms with Crippen LogP contribution in [0.3, 0.4) is 0 Å². The molecular weight excluding hydrogens is 568 g/mol. The standard InChI is InChI=1S/C22H18BrF2N3O3S3/c1-13-6-7-15(26-22(32)27-20(29)17-4-2-3-5-18(17)23)12-19(13)34(30,31)28-14-8-10-16(11-9-14)33-21(24)25/h2-12,21,28H,1H3,(H2,26,27,29,32). The van der Waals surface area contributed by atoms with Crippen LogP contribution in [0.4, 0.5) is 20.2 Å². The van der Waals surface area contributed by atoms with Crippen molar-refractivity contribution in [2.45, 2.75) is 22.5 Å². The molecule has 3 aromatic carbocycles. The first-order valence-corrected chi connectivity index (χ1v) is 13.2. The summed E-state index contributed by atoms with van der Waals surface area (Å²) < 4.78 is 53.9. The van der Waals surface area contributed by atoms with Crippen LogP contribution in [-0.4, -0.2) is 25.2 Å². The highest BCUT2D eigenvalue weighted by molar-refractivity contribution is 9.10. The summed E-state index contributed by atoms with van der Waals surface area (Å²) in [5, 5.41) is 5.35. The Bertz CT molecular complexity index is 1320.